The Morgan fingerprint density at radius 3 is 2.74 bits per heavy atom. The van der Waals surface area contributed by atoms with Crippen molar-refractivity contribution < 1.29 is 9.31 Å². The molecule has 8 nitrogen and oxygen atoms in total. The number of nitrogens with zero attached hydrogens (tertiary/aromatic N) is 5. The molecule has 0 aliphatic carbocycles. The second kappa shape index (κ2) is 6.45. The van der Waals surface area contributed by atoms with Crippen molar-refractivity contribution in [3.63, 3.8) is 0 Å². The van der Waals surface area contributed by atoms with E-state index in [1.165, 1.54) is 46.0 Å². The van der Waals surface area contributed by atoms with Crippen LogP contribution in [0.2, 0.25) is 0 Å². The van der Waals surface area contributed by atoms with Crippen LogP contribution < -0.4 is 5.56 Å². The number of rotatable bonds is 4. The number of halogens is 1. The second-order valence-corrected chi connectivity index (χ2v) is 5.85. The maximum atomic E-state index is 13.3. The highest BCUT2D eigenvalue weighted by Gasteiger charge is 2.19. The fourth-order valence-electron chi connectivity index (χ4n) is 2.87. The summed E-state index contributed by atoms with van der Waals surface area (Å²) in [6.45, 7) is 0.149. The molecule has 0 aliphatic rings. The summed E-state index contributed by atoms with van der Waals surface area (Å²) in [5, 5.41) is 15.6. The summed E-state index contributed by atoms with van der Waals surface area (Å²) in [6, 6.07) is 12.0. The Balaban J connectivity index is 1.81. The summed E-state index contributed by atoms with van der Waals surface area (Å²) in [5.41, 5.74) is 0.531. The molecule has 0 saturated carbocycles. The van der Waals surface area contributed by atoms with Gasteiger partial charge in [0.05, 0.1) is 17.7 Å². The lowest BCUT2D eigenvalue weighted by atomic mass is 10.2. The lowest BCUT2D eigenvalue weighted by molar-refractivity contribution is -0.384. The third kappa shape index (κ3) is 2.95. The van der Waals surface area contributed by atoms with Crippen molar-refractivity contribution in [1.29, 1.82) is 0 Å². The highest BCUT2D eigenvalue weighted by atomic mass is 19.1. The Labute approximate surface area is 151 Å². The molecule has 2 aromatic carbocycles. The Morgan fingerprint density at radius 2 is 1.96 bits per heavy atom. The van der Waals surface area contributed by atoms with Crippen molar-refractivity contribution in [2.75, 3.05) is 0 Å². The van der Waals surface area contributed by atoms with Crippen molar-refractivity contribution in [2.24, 2.45) is 0 Å². The minimum Gasteiger partial charge on any atom is -0.294 e. The lowest BCUT2D eigenvalue weighted by Gasteiger charge is -2.07. The number of fused-ring (bicyclic) bond motifs is 1. The first-order chi connectivity index (χ1) is 13.0. The quantitative estimate of drug-likeness (QED) is 0.409. The minimum absolute atomic E-state index is 0.145. The number of hydrogen-bond donors (Lipinski definition) is 0. The Kier molecular flexibility index (Phi) is 3.96. The number of nitro benzene ring substituents is 1. The van der Waals surface area contributed by atoms with E-state index in [-0.39, 0.29) is 34.5 Å². The molecule has 4 aromatic rings. The van der Waals surface area contributed by atoms with E-state index in [2.05, 4.69) is 10.1 Å². The molecule has 4 rings (SSSR count). The van der Waals surface area contributed by atoms with E-state index in [0.717, 1.165) is 0 Å². The molecule has 9 heteroatoms. The van der Waals surface area contributed by atoms with Gasteiger partial charge in [0, 0.05) is 6.07 Å². The van der Waals surface area contributed by atoms with Crippen LogP contribution in [0.5, 0.6) is 0 Å². The molecule has 0 spiro atoms. The fourth-order valence-corrected chi connectivity index (χ4v) is 2.87. The van der Waals surface area contributed by atoms with Crippen LogP contribution in [0.4, 0.5) is 10.1 Å². The van der Waals surface area contributed by atoms with Gasteiger partial charge in [-0.25, -0.2) is 14.1 Å². The predicted octanol–water partition coefficient (Wildman–Crippen LogP) is 2.68. The van der Waals surface area contributed by atoms with Gasteiger partial charge in [-0.05, 0) is 23.8 Å². The van der Waals surface area contributed by atoms with Crippen molar-refractivity contribution >= 4 is 16.7 Å². The van der Waals surface area contributed by atoms with Crippen LogP contribution in [0.25, 0.3) is 16.7 Å². The van der Waals surface area contributed by atoms with Crippen molar-refractivity contribution in [2.45, 2.75) is 6.54 Å². The topological polar surface area (TPSA) is 95.8 Å². The van der Waals surface area contributed by atoms with Crippen molar-refractivity contribution in [1.82, 2.24) is 19.3 Å². The van der Waals surface area contributed by atoms with E-state index < -0.39 is 10.7 Å². The molecule has 2 heterocycles. The smallest absolute Gasteiger partial charge is 0.294 e. The van der Waals surface area contributed by atoms with E-state index in [9.17, 15) is 19.3 Å². The zero-order chi connectivity index (χ0) is 19.0. The van der Waals surface area contributed by atoms with Crippen LogP contribution >= 0.6 is 0 Å². The van der Waals surface area contributed by atoms with E-state index >= 15 is 0 Å². The molecule has 0 fully saturated rings. The second-order valence-electron chi connectivity index (χ2n) is 5.85. The normalized spacial score (nSPS) is 11.0. The van der Waals surface area contributed by atoms with Gasteiger partial charge in [0.1, 0.15) is 23.2 Å². The van der Waals surface area contributed by atoms with E-state index in [1.807, 2.05) is 0 Å². The molecule has 0 amide bonds. The molecule has 0 N–H and O–H groups in total. The SMILES string of the molecule is O=c1c2cnn(-c3ccccc3[N+](=O)[O-])c2ncn1Cc1cccc(F)c1. The zero-order valence-electron chi connectivity index (χ0n) is 13.8. The molecule has 0 aliphatic heterocycles. The van der Waals surface area contributed by atoms with Crippen LogP contribution in [-0.2, 0) is 6.54 Å². The molecular weight excluding hydrogens is 353 g/mol. The average molecular weight is 365 g/mol. The van der Waals surface area contributed by atoms with E-state index in [4.69, 9.17) is 0 Å². The molecule has 27 heavy (non-hydrogen) atoms. The standard InChI is InChI=1S/C18H12FN5O3/c19-13-5-3-4-12(8-13)10-22-11-20-17-14(18(22)25)9-21-23(17)15-6-1-2-7-16(15)24(26)27/h1-9,11H,10H2. The van der Waals surface area contributed by atoms with Crippen molar-refractivity contribution in [3.05, 3.63) is 92.9 Å². The van der Waals surface area contributed by atoms with Crippen LogP contribution in [0.1, 0.15) is 5.56 Å². The number of aromatic nitrogens is 4. The summed E-state index contributed by atoms with van der Waals surface area (Å²) >= 11 is 0. The highest BCUT2D eigenvalue weighted by Crippen LogP contribution is 2.23. The zero-order valence-corrected chi connectivity index (χ0v) is 13.8. The molecule has 0 atom stereocenters. The van der Waals surface area contributed by atoms with Crippen LogP contribution in [0.15, 0.2) is 65.8 Å². The summed E-state index contributed by atoms with van der Waals surface area (Å²) < 4.78 is 15.9. The molecule has 0 saturated heterocycles. The first-order valence-corrected chi connectivity index (χ1v) is 7.96. The molecular formula is C18H12FN5O3. The van der Waals surface area contributed by atoms with Gasteiger partial charge in [-0.2, -0.15) is 5.10 Å². The molecule has 0 bridgehead atoms. The Hall–Kier alpha value is -3.88. The first kappa shape index (κ1) is 16.6. The third-order valence-corrected chi connectivity index (χ3v) is 4.10. The van der Waals surface area contributed by atoms with Crippen LogP contribution in [0.3, 0.4) is 0 Å². The van der Waals surface area contributed by atoms with Crippen LogP contribution in [0, 0.1) is 15.9 Å². The fraction of sp³-hybridized carbons (Fsp3) is 0.0556. The average Bonchev–Trinajstić information content (AvgIpc) is 3.09. The highest BCUT2D eigenvalue weighted by molar-refractivity contribution is 5.76. The van der Waals surface area contributed by atoms with Gasteiger partial charge in [0.25, 0.3) is 11.2 Å². The van der Waals surface area contributed by atoms with Gasteiger partial charge in [-0.15, -0.1) is 0 Å². The van der Waals surface area contributed by atoms with Crippen molar-refractivity contribution in [3.8, 4) is 5.69 Å². The molecule has 0 radical (unpaired) electrons. The van der Waals surface area contributed by atoms with Gasteiger partial charge in [0.15, 0.2) is 5.65 Å². The van der Waals surface area contributed by atoms with Gasteiger partial charge in [-0.3, -0.25) is 19.5 Å². The largest absolute Gasteiger partial charge is 0.294 e. The Morgan fingerprint density at radius 1 is 1.15 bits per heavy atom. The number of benzene rings is 2. The third-order valence-electron chi connectivity index (χ3n) is 4.10. The van der Waals surface area contributed by atoms with Gasteiger partial charge < -0.3 is 0 Å². The number of hydrogen-bond acceptors (Lipinski definition) is 5. The predicted molar refractivity (Wildman–Crippen MR) is 95.3 cm³/mol. The van der Waals surface area contributed by atoms with Gasteiger partial charge in [0.2, 0.25) is 0 Å². The van der Waals surface area contributed by atoms with Gasteiger partial charge >= 0.3 is 0 Å². The number of para-hydroxylation sites is 2. The van der Waals surface area contributed by atoms with E-state index in [1.54, 1.807) is 24.3 Å². The number of nitro groups is 1. The maximum Gasteiger partial charge on any atom is 0.294 e. The molecule has 0 unspecified atom stereocenters. The minimum atomic E-state index is -0.520. The lowest BCUT2D eigenvalue weighted by Crippen LogP contribution is -2.21. The monoisotopic (exact) mass is 365 g/mol. The molecule has 2 aromatic heterocycles. The summed E-state index contributed by atoms with van der Waals surface area (Å²) in [4.78, 5) is 27.7. The van der Waals surface area contributed by atoms with Gasteiger partial charge in [-0.1, -0.05) is 24.3 Å². The molecule has 134 valence electrons. The maximum absolute atomic E-state index is 13.3. The van der Waals surface area contributed by atoms with Crippen LogP contribution in [-0.4, -0.2) is 24.3 Å². The summed E-state index contributed by atoms with van der Waals surface area (Å²) in [7, 11) is 0. The summed E-state index contributed by atoms with van der Waals surface area (Å²) in [5.74, 6) is -0.390. The van der Waals surface area contributed by atoms with E-state index in [0.29, 0.717) is 5.56 Å². The first-order valence-electron chi connectivity index (χ1n) is 7.96. The Bertz CT molecular complexity index is 1230. The summed E-state index contributed by atoms with van der Waals surface area (Å²) in [6.07, 6.45) is 2.64.